The number of carboxylic acid groups (broad SMARTS) is 1. The first kappa shape index (κ1) is 61.7. The number of hydrogen-bond donors (Lipinski definition) is 12. The number of aliphatic hydroxyl groups excluding tert-OH is 9. The van der Waals surface area contributed by atoms with Gasteiger partial charge in [0.05, 0.1) is 79.3 Å². The lowest BCUT2D eigenvalue weighted by Crippen LogP contribution is -2.61. The molecule has 0 aromatic heterocycles. The van der Waals surface area contributed by atoms with Gasteiger partial charge in [-0.2, -0.15) is 0 Å². The van der Waals surface area contributed by atoms with Crippen molar-refractivity contribution < 1.29 is 84.7 Å². The summed E-state index contributed by atoms with van der Waals surface area (Å²) in [5.41, 5.74) is 6.06. The van der Waals surface area contributed by atoms with Crippen molar-refractivity contribution in [2.75, 3.05) is 7.11 Å². The van der Waals surface area contributed by atoms with Crippen molar-refractivity contribution >= 4 is 12.8 Å². The fourth-order valence-corrected chi connectivity index (χ4v) is 7.59. The maximum absolute atomic E-state index is 11.5. The first-order valence-electron chi connectivity index (χ1n) is 23.0. The molecule has 0 saturated carbocycles. The van der Waals surface area contributed by atoms with Gasteiger partial charge < -0.3 is 85.6 Å². The smallest absolute Gasteiger partial charge is 0.290 e. The zero-order valence-corrected chi connectivity index (χ0v) is 39.7. The quantitative estimate of drug-likeness (QED) is 0.0392. The predicted molar refractivity (Wildman–Crippen MR) is 251 cm³/mol. The van der Waals surface area contributed by atoms with Crippen LogP contribution < -0.4 is 5.73 Å². The molecule has 0 spiro atoms. The standard InChI is InChI=1S/C48H79NO15.CH2O2/c1-30(44(57)31(2)33(4)61-6)19-17-15-13-11-9-7-8-10-12-14-16-18-20-38(63-47-46(59)43(49)45(58)34(5)62-47)27-42-32(3)41(56)29-48(60,64-42)28-37(53)26-40(55)39(54)22-21-35(51)25-36(52)23-24-50;2-1-3/h7-20,24,30-47,51-60H,21-23,25-29,49H2,1-6H3;1H,(H,2,3)/b8-7+,11-9+,12-10+,15-13+,16-14+,19-17+,20-18+;. The summed E-state index contributed by atoms with van der Waals surface area (Å²) in [6.07, 6.45) is 11.1. The molecule has 2 rings (SSSR count). The molecule has 2 saturated heterocycles. The summed E-state index contributed by atoms with van der Waals surface area (Å²) in [7, 11) is 1.64. The third-order valence-corrected chi connectivity index (χ3v) is 12.1. The van der Waals surface area contributed by atoms with Gasteiger partial charge in [-0.15, -0.1) is 0 Å². The lowest BCUT2D eigenvalue weighted by Gasteiger charge is -2.45. The molecule has 0 bridgehead atoms. The van der Waals surface area contributed by atoms with Gasteiger partial charge in [0, 0.05) is 57.0 Å². The summed E-state index contributed by atoms with van der Waals surface area (Å²) < 4.78 is 23.4. The molecule has 0 amide bonds. The highest BCUT2D eigenvalue weighted by atomic mass is 16.7. The Bertz CT molecular complexity index is 1570. The van der Waals surface area contributed by atoms with Crippen LogP contribution in [0.3, 0.4) is 0 Å². The summed E-state index contributed by atoms with van der Waals surface area (Å²) in [4.78, 5) is 18.9. The molecule has 0 aromatic rings. The molecule has 384 valence electrons. The van der Waals surface area contributed by atoms with E-state index in [-0.39, 0.29) is 69.4 Å². The van der Waals surface area contributed by atoms with E-state index in [9.17, 15) is 55.9 Å². The zero-order valence-electron chi connectivity index (χ0n) is 39.7. The van der Waals surface area contributed by atoms with Crippen LogP contribution in [-0.2, 0) is 28.5 Å². The normalized spacial score (nSPS) is 30.9. The second kappa shape index (κ2) is 33.3. The average molecular weight is 956 g/mol. The van der Waals surface area contributed by atoms with Gasteiger partial charge in [0.2, 0.25) is 0 Å². The van der Waals surface area contributed by atoms with Gasteiger partial charge in [-0.25, -0.2) is 0 Å². The Hall–Kier alpha value is -3.28. The number of rotatable bonds is 28. The van der Waals surface area contributed by atoms with Crippen LogP contribution in [0.15, 0.2) is 85.1 Å². The highest BCUT2D eigenvalue weighted by molar-refractivity contribution is 5.50. The van der Waals surface area contributed by atoms with Gasteiger partial charge in [-0.1, -0.05) is 106 Å². The number of methoxy groups -OCH3 is 1. The van der Waals surface area contributed by atoms with Gasteiger partial charge in [-0.3, -0.25) is 4.79 Å². The molecular weight excluding hydrogens is 875 g/mol. The Morgan fingerprint density at radius 2 is 1.28 bits per heavy atom. The molecule has 2 aliphatic heterocycles. The van der Waals surface area contributed by atoms with Crippen molar-refractivity contribution in [1.29, 1.82) is 0 Å². The third kappa shape index (κ3) is 23.7. The van der Waals surface area contributed by atoms with Crippen molar-refractivity contribution in [3.8, 4) is 0 Å². The van der Waals surface area contributed by atoms with Gasteiger partial charge >= 0.3 is 0 Å². The molecule has 18 heteroatoms. The van der Waals surface area contributed by atoms with E-state index in [0.717, 1.165) is 0 Å². The maximum Gasteiger partial charge on any atom is 0.290 e. The fraction of sp³-hybridized carbons (Fsp3) is 0.673. The van der Waals surface area contributed by atoms with E-state index < -0.39 is 104 Å². The molecule has 18 nitrogen and oxygen atoms in total. The van der Waals surface area contributed by atoms with E-state index in [1.54, 1.807) is 45.3 Å². The lowest BCUT2D eigenvalue weighted by atomic mass is 9.84. The van der Waals surface area contributed by atoms with E-state index >= 15 is 0 Å². The molecule has 67 heavy (non-hydrogen) atoms. The molecule has 2 aliphatic rings. The number of carbonyl (C=O) groups excluding carboxylic acids is 1. The lowest BCUT2D eigenvalue weighted by molar-refractivity contribution is -0.309. The van der Waals surface area contributed by atoms with E-state index in [1.807, 2.05) is 81.5 Å². The van der Waals surface area contributed by atoms with E-state index in [2.05, 4.69) is 0 Å². The number of carbonyl (C=O) groups is 2. The number of aldehydes is 1. The second-order valence-corrected chi connectivity index (χ2v) is 17.6. The molecule has 19 unspecified atom stereocenters. The van der Waals surface area contributed by atoms with E-state index in [1.165, 1.54) is 0 Å². The fourth-order valence-electron chi connectivity index (χ4n) is 7.59. The van der Waals surface area contributed by atoms with Crippen molar-refractivity contribution in [3.63, 3.8) is 0 Å². The minimum absolute atomic E-state index is 0.00389. The van der Waals surface area contributed by atoms with Gasteiger partial charge in [-0.05, 0) is 33.1 Å². The molecule has 2 heterocycles. The largest absolute Gasteiger partial charge is 0.483 e. The summed E-state index contributed by atoms with van der Waals surface area (Å²) in [5, 5.41) is 113. The number of ether oxygens (including phenoxy) is 4. The molecule has 0 radical (unpaired) electrons. The van der Waals surface area contributed by atoms with Crippen molar-refractivity contribution in [1.82, 2.24) is 0 Å². The van der Waals surface area contributed by atoms with E-state index in [0.29, 0.717) is 6.29 Å². The second-order valence-electron chi connectivity index (χ2n) is 17.6. The minimum Gasteiger partial charge on any atom is -0.483 e. The van der Waals surface area contributed by atoms with Crippen LogP contribution >= 0.6 is 0 Å². The number of hydrogen-bond acceptors (Lipinski definition) is 17. The van der Waals surface area contributed by atoms with Crippen LogP contribution in [-0.4, -0.2) is 174 Å². The predicted octanol–water partition coefficient (Wildman–Crippen LogP) is 1.64. The average Bonchev–Trinajstić information content (AvgIpc) is 3.27. The van der Waals surface area contributed by atoms with Crippen molar-refractivity contribution in [2.24, 2.45) is 23.5 Å². The Kier molecular flexibility index (Phi) is 30.7. The van der Waals surface area contributed by atoms with Crippen molar-refractivity contribution in [3.05, 3.63) is 85.1 Å². The van der Waals surface area contributed by atoms with Crippen LogP contribution in [0.4, 0.5) is 0 Å². The highest BCUT2D eigenvalue weighted by Gasteiger charge is 2.47. The molecular formula is C49H81NO17. The van der Waals surface area contributed by atoms with Crippen LogP contribution in [0.5, 0.6) is 0 Å². The summed E-state index contributed by atoms with van der Waals surface area (Å²) in [5.74, 6) is -2.57. The number of allylic oxidation sites excluding steroid dienone is 12. The SMILES string of the molecule is COC(C)C(C)C(O)C(C)/C=C/C=C/C=C/C=C/C=C/C=C/C=C/C(CC1OC(O)(CC(O)CC(O)C(O)CCC(O)CC(O)CC=O)CC(O)C1C)OC1OC(C)C(O)C(N)C1O.O=CO. The summed E-state index contributed by atoms with van der Waals surface area (Å²) in [6, 6.07) is -1.05. The Morgan fingerprint density at radius 3 is 1.82 bits per heavy atom. The van der Waals surface area contributed by atoms with Crippen LogP contribution in [0.1, 0.15) is 86.0 Å². The Balaban J connectivity index is 0.00000727. The Labute approximate surface area is 395 Å². The first-order valence-corrected chi connectivity index (χ1v) is 23.0. The number of nitrogens with two attached hydrogens (primary N) is 1. The molecule has 2 fully saturated rings. The zero-order chi connectivity index (χ0) is 50.7. The van der Waals surface area contributed by atoms with Crippen LogP contribution in [0.2, 0.25) is 0 Å². The molecule has 0 aliphatic carbocycles. The molecule has 13 N–H and O–H groups in total. The van der Waals surface area contributed by atoms with Crippen LogP contribution in [0, 0.1) is 17.8 Å². The van der Waals surface area contributed by atoms with Gasteiger partial charge in [0.25, 0.3) is 6.47 Å². The summed E-state index contributed by atoms with van der Waals surface area (Å²) in [6.45, 7) is 8.96. The minimum atomic E-state index is -2.03. The van der Waals surface area contributed by atoms with Gasteiger partial charge in [0.1, 0.15) is 12.4 Å². The monoisotopic (exact) mass is 956 g/mol. The molecule has 19 atom stereocenters. The number of aliphatic hydroxyl groups is 10. The third-order valence-electron chi connectivity index (χ3n) is 12.1. The topological polar surface area (TPSA) is 320 Å². The van der Waals surface area contributed by atoms with Crippen molar-refractivity contribution in [2.45, 2.75) is 183 Å². The maximum atomic E-state index is 11.5. The first-order chi connectivity index (χ1) is 31.6. The summed E-state index contributed by atoms with van der Waals surface area (Å²) >= 11 is 0. The highest BCUT2D eigenvalue weighted by Crippen LogP contribution is 2.37. The molecule has 0 aromatic carbocycles. The van der Waals surface area contributed by atoms with E-state index in [4.69, 9.17) is 34.6 Å². The Morgan fingerprint density at radius 1 is 0.746 bits per heavy atom. The van der Waals surface area contributed by atoms with Crippen LogP contribution in [0.25, 0.3) is 0 Å². The van der Waals surface area contributed by atoms with Gasteiger partial charge in [0.15, 0.2) is 12.1 Å².